The van der Waals surface area contributed by atoms with Crippen LogP contribution in [0.1, 0.15) is 26.5 Å². The van der Waals surface area contributed by atoms with Crippen molar-refractivity contribution < 1.29 is 4.42 Å². The Hall–Kier alpha value is -0.990. The molecule has 3 nitrogen and oxygen atoms in total. The molecule has 1 rings (SSSR count). The Morgan fingerprint density at radius 1 is 1.55 bits per heavy atom. The molecular weight excluding hydrogens is 142 g/mol. The molecule has 0 radical (unpaired) electrons. The van der Waals surface area contributed by atoms with Gasteiger partial charge < -0.3 is 4.42 Å². The van der Waals surface area contributed by atoms with Gasteiger partial charge in [-0.25, -0.2) is 4.79 Å². The minimum absolute atomic E-state index is 0.269. The third kappa shape index (κ3) is 2.62. The Morgan fingerprint density at radius 2 is 2.09 bits per heavy atom. The number of rotatable bonds is 1. The highest BCUT2D eigenvalue weighted by Crippen LogP contribution is 1.90. The number of aromatic nitrogens is 1. The van der Waals surface area contributed by atoms with Gasteiger partial charge in [-0.1, -0.05) is 13.8 Å². The number of oxazole rings is 1. The summed E-state index contributed by atoms with van der Waals surface area (Å²) in [5.74, 6) is 0.400. The van der Waals surface area contributed by atoms with Gasteiger partial charge in [0.2, 0.25) is 0 Å². The fourth-order valence-corrected chi connectivity index (χ4v) is 0.715. The van der Waals surface area contributed by atoms with Crippen LogP contribution in [0, 0.1) is 6.92 Å². The fourth-order valence-electron chi connectivity index (χ4n) is 0.715. The molecular formula is C8H15NO2. The molecule has 0 aromatic carbocycles. The third-order valence-corrected chi connectivity index (χ3v) is 1.16. The van der Waals surface area contributed by atoms with Gasteiger partial charge in [-0.05, 0) is 13.8 Å². The van der Waals surface area contributed by atoms with E-state index in [1.54, 1.807) is 13.1 Å². The molecule has 0 saturated heterocycles. The fraction of sp³-hybridized carbons (Fsp3) is 0.625. The van der Waals surface area contributed by atoms with E-state index in [-0.39, 0.29) is 5.76 Å². The van der Waals surface area contributed by atoms with E-state index in [2.05, 4.69) is 0 Å². The number of aryl methyl sites for hydroxylation is 2. The van der Waals surface area contributed by atoms with Gasteiger partial charge in [-0.2, -0.15) is 0 Å². The molecule has 0 atom stereocenters. The van der Waals surface area contributed by atoms with Crippen LogP contribution in [0.15, 0.2) is 15.4 Å². The number of hydrogen-bond acceptors (Lipinski definition) is 2. The molecule has 0 unspecified atom stereocenters. The third-order valence-electron chi connectivity index (χ3n) is 1.16. The Balaban J connectivity index is 0.000000461. The molecule has 64 valence electrons. The van der Waals surface area contributed by atoms with Crippen LogP contribution in [0.4, 0.5) is 0 Å². The van der Waals surface area contributed by atoms with Gasteiger partial charge in [0.25, 0.3) is 0 Å². The first-order valence-corrected chi connectivity index (χ1v) is 3.91. The van der Waals surface area contributed by atoms with Crippen LogP contribution in [-0.2, 0) is 6.54 Å². The van der Waals surface area contributed by atoms with Gasteiger partial charge in [0.05, 0.1) is 0 Å². The summed E-state index contributed by atoms with van der Waals surface area (Å²) >= 11 is 0. The average Bonchev–Trinajstić information content (AvgIpc) is 2.33. The van der Waals surface area contributed by atoms with Crippen molar-refractivity contribution >= 4 is 0 Å². The topological polar surface area (TPSA) is 35.1 Å². The van der Waals surface area contributed by atoms with Crippen molar-refractivity contribution in [1.29, 1.82) is 0 Å². The summed E-state index contributed by atoms with van der Waals surface area (Å²) in [6, 6.07) is 0. The quantitative estimate of drug-likeness (QED) is 0.623. The molecule has 0 aliphatic heterocycles. The lowest BCUT2D eigenvalue weighted by molar-refractivity contribution is 0.463. The SMILES string of the molecule is CC.CCn1cc(C)oc1=O. The van der Waals surface area contributed by atoms with Crippen molar-refractivity contribution in [2.75, 3.05) is 0 Å². The first-order chi connectivity index (χ1) is 5.24. The number of nitrogens with zero attached hydrogens (tertiary/aromatic N) is 1. The Bertz CT molecular complexity index is 247. The van der Waals surface area contributed by atoms with Crippen LogP contribution in [-0.4, -0.2) is 4.57 Å². The zero-order valence-corrected chi connectivity index (χ0v) is 7.55. The van der Waals surface area contributed by atoms with Gasteiger partial charge >= 0.3 is 5.76 Å². The minimum atomic E-state index is -0.269. The second-order valence-corrected chi connectivity index (χ2v) is 1.89. The molecule has 0 N–H and O–H groups in total. The maximum Gasteiger partial charge on any atom is 0.419 e. The molecule has 3 heteroatoms. The zero-order chi connectivity index (χ0) is 8.85. The highest BCUT2D eigenvalue weighted by Gasteiger charge is 1.96. The van der Waals surface area contributed by atoms with E-state index < -0.39 is 0 Å². The molecule has 0 fully saturated rings. The Kier molecular flexibility index (Phi) is 4.34. The summed E-state index contributed by atoms with van der Waals surface area (Å²) in [5.41, 5.74) is 0. The largest absolute Gasteiger partial charge is 0.419 e. The van der Waals surface area contributed by atoms with Crippen LogP contribution in [0.2, 0.25) is 0 Å². The molecule has 1 heterocycles. The smallest absolute Gasteiger partial charge is 0.413 e. The predicted molar refractivity (Wildman–Crippen MR) is 44.7 cm³/mol. The average molecular weight is 157 g/mol. The number of hydrogen-bond donors (Lipinski definition) is 0. The molecule has 0 aliphatic carbocycles. The molecule has 0 saturated carbocycles. The monoisotopic (exact) mass is 157 g/mol. The Morgan fingerprint density at radius 3 is 2.27 bits per heavy atom. The molecule has 1 aromatic rings. The summed E-state index contributed by atoms with van der Waals surface area (Å²) in [6.07, 6.45) is 1.70. The van der Waals surface area contributed by atoms with Crippen molar-refractivity contribution in [3.8, 4) is 0 Å². The van der Waals surface area contributed by atoms with Gasteiger partial charge in [-0.3, -0.25) is 4.57 Å². The maximum atomic E-state index is 10.7. The van der Waals surface area contributed by atoms with E-state index in [1.807, 2.05) is 20.8 Å². The molecule has 1 aromatic heterocycles. The molecule has 0 amide bonds. The predicted octanol–water partition coefficient (Wildman–Crippen LogP) is 1.80. The first-order valence-electron chi connectivity index (χ1n) is 3.91. The van der Waals surface area contributed by atoms with Crippen molar-refractivity contribution in [3.05, 3.63) is 22.5 Å². The van der Waals surface area contributed by atoms with Crippen molar-refractivity contribution in [2.24, 2.45) is 0 Å². The van der Waals surface area contributed by atoms with Gasteiger partial charge in [0, 0.05) is 12.7 Å². The van der Waals surface area contributed by atoms with Crippen molar-refractivity contribution in [3.63, 3.8) is 0 Å². The maximum absolute atomic E-state index is 10.7. The summed E-state index contributed by atoms with van der Waals surface area (Å²) in [5, 5.41) is 0. The molecule has 0 aliphatic rings. The Labute approximate surface area is 66.6 Å². The van der Waals surface area contributed by atoms with Gasteiger partial charge in [-0.15, -0.1) is 0 Å². The van der Waals surface area contributed by atoms with Gasteiger partial charge in [0.15, 0.2) is 0 Å². The summed E-state index contributed by atoms with van der Waals surface area (Å²) < 4.78 is 6.24. The van der Waals surface area contributed by atoms with Crippen LogP contribution < -0.4 is 5.76 Å². The zero-order valence-electron chi connectivity index (χ0n) is 7.55. The second-order valence-electron chi connectivity index (χ2n) is 1.89. The normalized spacial score (nSPS) is 8.73. The van der Waals surface area contributed by atoms with E-state index in [1.165, 1.54) is 4.57 Å². The summed E-state index contributed by atoms with van der Waals surface area (Å²) in [6.45, 7) is 8.33. The lowest BCUT2D eigenvalue weighted by Gasteiger charge is -1.85. The highest BCUT2D eigenvalue weighted by atomic mass is 16.4. The van der Waals surface area contributed by atoms with Crippen molar-refractivity contribution in [1.82, 2.24) is 4.57 Å². The molecule has 11 heavy (non-hydrogen) atoms. The van der Waals surface area contributed by atoms with E-state index in [0.717, 1.165) is 0 Å². The highest BCUT2D eigenvalue weighted by molar-refractivity contribution is 4.85. The van der Waals surface area contributed by atoms with Crippen LogP contribution in [0.3, 0.4) is 0 Å². The standard InChI is InChI=1S/C6H9NO2.C2H6/c1-3-7-4-5(2)9-6(7)8;1-2/h4H,3H2,1-2H3;1-2H3. The van der Waals surface area contributed by atoms with E-state index >= 15 is 0 Å². The summed E-state index contributed by atoms with van der Waals surface area (Å²) in [7, 11) is 0. The van der Waals surface area contributed by atoms with Crippen LogP contribution >= 0.6 is 0 Å². The first kappa shape index (κ1) is 10.0. The lowest BCUT2D eigenvalue weighted by atomic mass is 10.6. The van der Waals surface area contributed by atoms with Crippen LogP contribution in [0.25, 0.3) is 0 Å². The van der Waals surface area contributed by atoms with E-state index in [0.29, 0.717) is 12.3 Å². The van der Waals surface area contributed by atoms with Crippen LogP contribution in [0.5, 0.6) is 0 Å². The summed E-state index contributed by atoms with van der Waals surface area (Å²) in [4.78, 5) is 10.7. The second kappa shape index (κ2) is 4.77. The van der Waals surface area contributed by atoms with Gasteiger partial charge in [0.1, 0.15) is 5.76 Å². The van der Waals surface area contributed by atoms with E-state index in [9.17, 15) is 4.79 Å². The lowest BCUT2D eigenvalue weighted by Crippen LogP contribution is -2.10. The van der Waals surface area contributed by atoms with E-state index in [4.69, 9.17) is 4.42 Å². The molecule has 0 bridgehead atoms. The van der Waals surface area contributed by atoms with Crippen molar-refractivity contribution in [2.45, 2.75) is 34.2 Å². The minimum Gasteiger partial charge on any atom is -0.413 e. The molecule has 0 spiro atoms.